The van der Waals surface area contributed by atoms with E-state index in [1.54, 1.807) is 0 Å². The third-order valence-electron chi connectivity index (χ3n) is 5.10. The molecule has 0 spiro atoms. The standard InChI is InChI=1S/C21H23ClFN5/c1-16-12-27(10-11-28(16)20-8-6-19(23)7-9-20)21-24-14-26(15-25-21)13-17-2-4-18(22)5-3-17/h2-9,14,16H,10-13,15H2,1H3/t16-/m0/s1. The minimum absolute atomic E-state index is 0.205. The summed E-state index contributed by atoms with van der Waals surface area (Å²) in [6.07, 6.45) is 1.87. The van der Waals surface area contributed by atoms with Gasteiger partial charge in [0.2, 0.25) is 5.96 Å². The zero-order chi connectivity index (χ0) is 19.5. The molecule has 0 aromatic heterocycles. The lowest BCUT2D eigenvalue weighted by Crippen LogP contribution is -2.54. The van der Waals surface area contributed by atoms with E-state index in [-0.39, 0.29) is 5.82 Å². The molecule has 0 N–H and O–H groups in total. The van der Waals surface area contributed by atoms with Gasteiger partial charge in [-0.3, -0.25) is 0 Å². The maximum absolute atomic E-state index is 13.2. The van der Waals surface area contributed by atoms with Crippen molar-refractivity contribution in [2.45, 2.75) is 19.5 Å². The van der Waals surface area contributed by atoms with Crippen molar-refractivity contribution < 1.29 is 4.39 Å². The fourth-order valence-electron chi connectivity index (χ4n) is 3.62. The molecule has 0 amide bonds. The number of rotatable bonds is 3. The second-order valence-electron chi connectivity index (χ2n) is 7.18. The number of halogens is 2. The van der Waals surface area contributed by atoms with Gasteiger partial charge in [-0.15, -0.1) is 0 Å². The number of nitrogens with zero attached hydrogens (tertiary/aromatic N) is 5. The van der Waals surface area contributed by atoms with Gasteiger partial charge in [-0.25, -0.2) is 14.4 Å². The van der Waals surface area contributed by atoms with Gasteiger partial charge in [0.05, 0.1) is 6.34 Å². The van der Waals surface area contributed by atoms with Crippen LogP contribution in [0.5, 0.6) is 0 Å². The number of guanidine groups is 1. The highest BCUT2D eigenvalue weighted by atomic mass is 35.5. The van der Waals surface area contributed by atoms with Gasteiger partial charge in [0.1, 0.15) is 12.5 Å². The summed E-state index contributed by atoms with van der Waals surface area (Å²) in [4.78, 5) is 15.8. The first-order chi connectivity index (χ1) is 13.6. The molecule has 2 aliphatic heterocycles. The predicted octanol–water partition coefficient (Wildman–Crippen LogP) is 3.85. The molecule has 1 saturated heterocycles. The second-order valence-corrected chi connectivity index (χ2v) is 7.62. The first kappa shape index (κ1) is 18.7. The van der Waals surface area contributed by atoms with Crippen molar-refractivity contribution in [3.63, 3.8) is 0 Å². The van der Waals surface area contributed by atoms with Crippen molar-refractivity contribution in [2.24, 2.45) is 9.98 Å². The van der Waals surface area contributed by atoms with E-state index in [0.717, 1.165) is 42.8 Å². The van der Waals surface area contributed by atoms with Crippen molar-refractivity contribution in [3.05, 3.63) is 64.9 Å². The molecule has 1 fully saturated rings. The summed E-state index contributed by atoms with van der Waals surface area (Å²) in [5.41, 5.74) is 2.23. The van der Waals surface area contributed by atoms with E-state index in [1.165, 1.54) is 17.7 Å². The molecule has 0 radical (unpaired) electrons. The molecule has 0 unspecified atom stereocenters. The molecule has 2 aromatic carbocycles. The molecule has 28 heavy (non-hydrogen) atoms. The van der Waals surface area contributed by atoms with Crippen molar-refractivity contribution in [1.29, 1.82) is 0 Å². The van der Waals surface area contributed by atoms with Gasteiger partial charge < -0.3 is 14.7 Å². The van der Waals surface area contributed by atoms with Crippen LogP contribution in [-0.2, 0) is 6.54 Å². The number of anilines is 1. The molecule has 2 heterocycles. The fourth-order valence-corrected chi connectivity index (χ4v) is 3.74. The molecule has 0 bridgehead atoms. The number of aliphatic imine (C=N–C) groups is 2. The van der Waals surface area contributed by atoms with E-state index < -0.39 is 0 Å². The third kappa shape index (κ3) is 4.28. The Kier molecular flexibility index (Phi) is 5.48. The van der Waals surface area contributed by atoms with Gasteiger partial charge in [0.15, 0.2) is 0 Å². The largest absolute Gasteiger partial charge is 0.365 e. The SMILES string of the molecule is C[C@H]1CN(C2=NCN(Cc3ccc(Cl)cc3)C=N2)CCN1c1ccc(F)cc1. The molecule has 1 atom stereocenters. The average Bonchev–Trinajstić information content (AvgIpc) is 2.71. The van der Waals surface area contributed by atoms with E-state index in [1.807, 2.05) is 42.7 Å². The lowest BCUT2D eigenvalue weighted by atomic mass is 10.1. The minimum atomic E-state index is -0.205. The Bertz CT molecular complexity index is 865. The second kappa shape index (κ2) is 8.19. The van der Waals surface area contributed by atoms with Gasteiger partial charge in [-0.05, 0) is 48.9 Å². The molecule has 4 rings (SSSR count). The Morgan fingerprint density at radius 2 is 1.82 bits per heavy atom. The van der Waals surface area contributed by atoms with Gasteiger partial charge in [-0.2, -0.15) is 0 Å². The number of piperazine rings is 1. The number of hydrogen-bond donors (Lipinski definition) is 0. The van der Waals surface area contributed by atoms with E-state index in [4.69, 9.17) is 11.6 Å². The highest BCUT2D eigenvalue weighted by Crippen LogP contribution is 2.21. The normalized spacial score (nSPS) is 19.8. The predicted molar refractivity (Wildman–Crippen MR) is 113 cm³/mol. The van der Waals surface area contributed by atoms with E-state index in [0.29, 0.717) is 12.7 Å². The molecular formula is C21H23ClFN5. The van der Waals surface area contributed by atoms with Gasteiger partial charge in [-0.1, -0.05) is 23.7 Å². The maximum Gasteiger partial charge on any atom is 0.223 e. The monoisotopic (exact) mass is 399 g/mol. The van der Waals surface area contributed by atoms with Crippen LogP contribution >= 0.6 is 11.6 Å². The highest BCUT2D eigenvalue weighted by molar-refractivity contribution is 6.30. The molecule has 0 saturated carbocycles. The van der Waals surface area contributed by atoms with Crippen LogP contribution in [0.4, 0.5) is 10.1 Å². The molecule has 2 aromatic rings. The quantitative estimate of drug-likeness (QED) is 0.786. The summed E-state index contributed by atoms with van der Waals surface area (Å²) in [7, 11) is 0. The summed E-state index contributed by atoms with van der Waals surface area (Å²) < 4.78 is 13.2. The van der Waals surface area contributed by atoms with Crippen LogP contribution in [0, 0.1) is 5.82 Å². The van der Waals surface area contributed by atoms with Crippen molar-refractivity contribution in [2.75, 3.05) is 31.2 Å². The van der Waals surface area contributed by atoms with Crippen LogP contribution in [0.1, 0.15) is 12.5 Å². The maximum atomic E-state index is 13.2. The highest BCUT2D eigenvalue weighted by Gasteiger charge is 2.26. The fraction of sp³-hybridized carbons (Fsp3) is 0.333. The van der Waals surface area contributed by atoms with Crippen molar-refractivity contribution >= 4 is 29.6 Å². The first-order valence-electron chi connectivity index (χ1n) is 9.43. The van der Waals surface area contributed by atoms with Gasteiger partial charge in [0.25, 0.3) is 0 Å². The lowest BCUT2D eigenvalue weighted by Gasteiger charge is -2.42. The Morgan fingerprint density at radius 3 is 2.46 bits per heavy atom. The minimum Gasteiger partial charge on any atom is -0.365 e. The summed E-state index contributed by atoms with van der Waals surface area (Å²) >= 11 is 5.94. The molecule has 5 nitrogen and oxygen atoms in total. The first-order valence-corrected chi connectivity index (χ1v) is 9.80. The average molecular weight is 400 g/mol. The summed E-state index contributed by atoms with van der Waals surface area (Å²) in [5, 5.41) is 0.741. The Hall–Kier alpha value is -2.60. The van der Waals surface area contributed by atoms with Crippen LogP contribution in [-0.4, -0.2) is 54.4 Å². The van der Waals surface area contributed by atoms with Crippen molar-refractivity contribution in [3.8, 4) is 0 Å². The van der Waals surface area contributed by atoms with Gasteiger partial charge in [0, 0.05) is 42.9 Å². The van der Waals surface area contributed by atoms with Gasteiger partial charge >= 0.3 is 0 Å². The molecule has 146 valence electrons. The summed E-state index contributed by atoms with van der Waals surface area (Å²) in [5.74, 6) is 0.585. The summed E-state index contributed by atoms with van der Waals surface area (Å²) in [6.45, 7) is 6.06. The van der Waals surface area contributed by atoms with E-state index in [9.17, 15) is 4.39 Å². The van der Waals surface area contributed by atoms with Crippen LogP contribution < -0.4 is 4.90 Å². The molecule has 2 aliphatic rings. The summed E-state index contributed by atoms with van der Waals surface area (Å²) in [6, 6.07) is 14.8. The van der Waals surface area contributed by atoms with E-state index >= 15 is 0 Å². The van der Waals surface area contributed by atoms with Crippen LogP contribution in [0.25, 0.3) is 0 Å². The molecule has 7 heteroatoms. The Balaban J connectivity index is 1.33. The van der Waals surface area contributed by atoms with Crippen LogP contribution in [0.2, 0.25) is 5.02 Å². The Morgan fingerprint density at radius 1 is 1.07 bits per heavy atom. The lowest BCUT2D eigenvalue weighted by molar-refractivity contribution is 0.327. The Labute approximate surface area is 169 Å². The molecule has 0 aliphatic carbocycles. The molecular weight excluding hydrogens is 377 g/mol. The van der Waals surface area contributed by atoms with Crippen LogP contribution in [0.3, 0.4) is 0 Å². The van der Waals surface area contributed by atoms with E-state index in [2.05, 4.69) is 31.6 Å². The third-order valence-corrected chi connectivity index (χ3v) is 5.35. The zero-order valence-corrected chi connectivity index (χ0v) is 16.6. The van der Waals surface area contributed by atoms with Crippen molar-refractivity contribution in [1.82, 2.24) is 9.80 Å². The smallest absolute Gasteiger partial charge is 0.223 e. The topological polar surface area (TPSA) is 34.4 Å². The zero-order valence-electron chi connectivity index (χ0n) is 15.8. The number of benzene rings is 2. The van der Waals surface area contributed by atoms with Crippen LogP contribution in [0.15, 0.2) is 58.5 Å². The number of hydrogen-bond acceptors (Lipinski definition) is 5.